The van der Waals surface area contributed by atoms with Gasteiger partial charge in [-0.15, -0.1) is 5.53 Å². The maximum atomic E-state index is 6.12. The third kappa shape index (κ3) is 3.72. The molecule has 0 aromatic rings. The van der Waals surface area contributed by atoms with Gasteiger partial charge >= 0.3 is 0 Å². The van der Waals surface area contributed by atoms with E-state index in [-0.39, 0.29) is 0 Å². The van der Waals surface area contributed by atoms with Gasteiger partial charge in [0.2, 0.25) is 0 Å². The van der Waals surface area contributed by atoms with E-state index in [4.69, 9.17) is 5.73 Å². The minimum atomic E-state index is 0.311. The summed E-state index contributed by atoms with van der Waals surface area (Å²) in [6.07, 6.45) is 7.53. The van der Waals surface area contributed by atoms with Crippen LogP contribution in [-0.2, 0) is 0 Å². The van der Waals surface area contributed by atoms with Crippen LogP contribution < -0.4 is 11.3 Å². The van der Waals surface area contributed by atoms with Crippen molar-refractivity contribution in [3.05, 3.63) is 12.4 Å². The lowest BCUT2D eigenvalue weighted by molar-refractivity contribution is 0.131. The fourth-order valence-electron chi connectivity index (χ4n) is 1.95. The van der Waals surface area contributed by atoms with E-state index >= 15 is 0 Å². The highest BCUT2D eigenvalue weighted by atomic mass is 15.8. The largest absolute Gasteiger partial charge is 0.327 e. The quantitative estimate of drug-likeness (QED) is 0.696. The van der Waals surface area contributed by atoms with Gasteiger partial charge in [0.15, 0.2) is 0 Å². The first kappa shape index (κ1) is 12.3. The van der Waals surface area contributed by atoms with Crippen molar-refractivity contribution >= 4 is 0 Å². The summed E-state index contributed by atoms with van der Waals surface area (Å²) in [5.41, 5.74) is 9.35. The third-order valence-electron chi connectivity index (χ3n) is 2.92. The molecule has 3 N–H and O–H groups in total. The maximum Gasteiger partial charge on any atom is 0.0399 e. The summed E-state index contributed by atoms with van der Waals surface area (Å²) < 4.78 is 0. The molecule has 0 amide bonds. The zero-order valence-electron chi connectivity index (χ0n) is 10.1. The van der Waals surface area contributed by atoms with E-state index in [1.54, 1.807) is 0 Å². The molecule has 0 spiro atoms. The number of nitrogens with one attached hydrogen (secondary N) is 1. The lowest BCUT2D eigenvalue weighted by Crippen LogP contribution is -2.43. The molecule has 4 heteroatoms. The van der Waals surface area contributed by atoms with Crippen molar-refractivity contribution in [2.75, 3.05) is 13.6 Å². The number of hydrogen-bond acceptors (Lipinski definition) is 4. The Morgan fingerprint density at radius 1 is 1.33 bits per heavy atom. The molecule has 0 saturated heterocycles. The monoisotopic (exact) mass is 212 g/mol. The van der Waals surface area contributed by atoms with Gasteiger partial charge in [0, 0.05) is 32.0 Å². The molecule has 0 aromatic carbocycles. The molecule has 4 nitrogen and oxygen atoms in total. The summed E-state index contributed by atoms with van der Waals surface area (Å²) in [4.78, 5) is 0. The second kappa shape index (κ2) is 5.98. The predicted molar refractivity (Wildman–Crippen MR) is 63.4 cm³/mol. The Kier molecular flexibility index (Phi) is 4.91. The van der Waals surface area contributed by atoms with Gasteiger partial charge in [-0.05, 0) is 18.8 Å². The van der Waals surface area contributed by atoms with Crippen molar-refractivity contribution in [2.24, 2.45) is 11.7 Å². The first-order valence-corrected chi connectivity index (χ1v) is 5.87. The number of nitrogens with two attached hydrogens (primary N) is 1. The zero-order chi connectivity index (χ0) is 11.3. The SMILES string of the molecule is CCCC(CN1C=CN(C)N1)C(N)CC. The van der Waals surface area contributed by atoms with Crippen LogP contribution in [0.2, 0.25) is 0 Å². The van der Waals surface area contributed by atoms with Gasteiger partial charge in [0.1, 0.15) is 0 Å². The van der Waals surface area contributed by atoms with E-state index in [2.05, 4.69) is 30.6 Å². The van der Waals surface area contributed by atoms with Gasteiger partial charge in [0.05, 0.1) is 0 Å². The molecule has 0 aromatic heterocycles. The number of hydrazine groups is 2. The fraction of sp³-hybridized carbons (Fsp3) is 0.818. The number of hydrogen-bond donors (Lipinski definition) is 2. The van der Waals surface area contributed by atoms with E-state index in [9.17, 15) is 0 Å². The summed E-state index contributed by atoms with van der Waals surface area (Å²) in [5, 5.41) is 4.05. The topological polar surface area (TPSA) is 44.5 Å². The summed E-state index contributed by atoms with van der Waals surface area (Å²) in [6.45, 7) is 5.37. The van der Waals surface area contributed by atoms with Gasteiger partial charge in [-0.2, -0.15) is 0 Å². The molecule has 0 radical (unpaired) electrons. The lowest BCUT2D eigenvalue weighted by atomic mass is 9.93. The molecule has 2 unspecified atom stereocenters. The van der Waals surface area contributed by atoms with E-state index in [1.165, 1.54) is 12.8 Å². The molecular weight excluding hydrogens is 188 g/mol. The zero-order valence-corrected chi connectivity index (χ0v) is 10.1. The van der Waals surface area contributed by atoms with Crippen molar-refractivity contribution in [1.82, 2.24) is 15.6 Å². The summed E-state index contributed by atoms with van der Waals surface area (Å²) in [7, 11) is 1.99. The van der Waals surface area contributed by atoms with Crippen LogP contribution >= 0.6 is 0 Å². The summed E-state index contributed by atoms with van der Waals surface area (Å²) in [6, 6.07) is 0.311. The van der Waals surface area contributed by atoms with Gasteiger partial charge in [0.25, 0.3) is 0 Å². The fourth-order valence-corrected chi connectivity index (χ4v) is 1.95. The lowest BCUT2D eigenvalue weighted by Gasteiger charge is -2.28. The Morgan fingerprint density at radius 2 is 2.07 bits per heavy atom. The Labute approximate surface area is 93.0 Å². The molecule has 1 aliphatic heterocycles. The van der Waals surface area contributed by atoms with Crippen LogP contribution in [0.1, 0.15) is 33.1 Å². The molecule has 88 valence electrons. The van der Waals surface area contributed by atoms with E-state index < -0.39 is 0 Å². The van der Waals surface area contributed by atoms with Crippen molar-refractivity contribution < 1.29 is 0 Å². The third-order valence-corrected chi connectivity index (χ3v) is 2.92. The molecule has 0 bridgehead atoms. The van der Waals surface area contributed by atoms with Gasteiger partial charge in [-0.3, -0.25) is 10.0 Å². The Morgan fingerprint density at radius 3 is 2.53 bits per heavy atom. The molecule has 1 heterocycles. The van der Waals surface area contributed by atoms with E-state index in [1.807, 2.05) is 18.3 Å². The van der Waals surface area contributed by atoms with Crippen molar-refractivity contribution in [3.63, 3.8) is 0 Å². The van der Waals surface area contributed by atoms with Crippen LogP contribution in [0.4, 0.5) is 0 Å². The molecule has 0 aliphatic carbocycles. The average molecular weight is 212 g/mol. The van der Waals surface area contributed by atoms with E-state index in [0.29, 0.717) is 12.0 Å². The second-order valence-electron chi connectivity index (χ2n) is 4.28. The minimum absolute atomic E-state index is 0.311. The molecule has 0 fully saturated rings. The highest BCUT2D eigenvalue weighted by molar-refractivity contribution is 4.86. The molecule has 2 atom stereocenters. The van der Waals surface area contributed by atoms with Crippen LogP contribution in [0.3, 0.4) is 0 Å². The Bertz CT molecular complexity index is 205. The number of nitrogens with zero attached hydrogens (tertiary/aromatic N) is 2. The van der Waals surface area contributed by atoms with E-state index in [0.717, 1.165) is 13.0 Å². The van der Waals surface area contributed by atoms with Crippen molar-refractivity contribution in [1.29, 1.82) is 0 Å². The average Bonchev–Trinajstić information content (AvgIpc) is 2.62. The molecular formula is C11H24N4. The summed E-state index contributed by atoms with van der Waals surface area (Å²) in [5.74, 6) is 0.573. The summed E-state index contributed by atoms with van der Waals surface area (Å²) >= 11 is 0. The van der Waals surface area contributed by atoms with Crippen molar-refractivity contribution in [2.45, 2.75) is 39.2 Å². The van der Waals surface area contributed by atoms with Crippen molar-refractivity contribution in [3.8, 4) is 0 Å². The first-order chi connectivity index (χ1) is 7.17. The highest BCUT2D eigenvalue weighted by Crippen LogP contribution is 2.15. The Balaban J connectivity index is 2.40. The van der Waals surface area contributed by atoms with Crippen LogP contribution in [0, 0.1) is 5.92 Å². The van der Waals surface area contributed by atoms with Crippen LogP contribution in [0.25, 0.3) is 0 Å². The smallest absolute Gasteiger partial charge is 0.0399 e. The normalized spacial score (nSPS) is 19.7. The van der Waals surface area contributed by atoms with Crippen LogP contribution in [0.15, 0.2) is 12.4 Å². The number of rotatable bonds is 6. The minimum Gasteiger partial charge on any atom is -0.327 e. The maximum absolute atomic E-state index is 6.12. The Hall–Kier alpha value is -0.740. The van der Waals surface area contributed by atoms with Gasteiger partial charge in [-0.1, -0.05) is 20.3 Å². The van der Waals surface area contributed by atoms with Crippen LogP contribution in [-0.4, -0.2) is 29.7 Å². The second-order valence-corrected chi connectivity index (χ2v) is 4.28. The predicted octanol–water partition coefficient (Wildman–Crippen LogP) is 1.28. The van der Waals surface area contributed by atoms with Gasteiger partial charge < -0.3 is 5.73 Å². The molecule has 1 rings (SSSR count). The standard InChI is InChI=1S/C11H24N4/c1-4-6-10(11(12)5-2)9-15-8-7-14(3)13-15/h7-8,10-11,13H,4-6,9,12H2,1-3H3. The van der Waals surface area contributed by atoms with Crippen LogP contribution in [0.5, 0.6) is 0 Å². The first-order valence-electron chi connectivity index (χ1n) is 5.87. The highest BCUT2D eigenvalue weighted by Gasteiger charge is 2.19. The molecule has 0 saturated carbocycles. The molecule has 1 aliphatic rings. The molecule has 15 heavy (non-hydrogen) atoms. The van der Waals surface area contributed by atoms with Gasteiger partial charge in [-0.25, -0.2) is 0 Å².